The van der Waals surface area contributed by atoms with Gasteiger partial charge in [-0.3, -0.25) is 4.79 Å². The zero-order valence-corrected chi connectivity index (χ0v) is 14.4. The molecule has 0 spiro atoms. The van der Waals surface area contributed by atoms with Crippen LogP contribution in [0.4, 0.5) is 10.3 Å². The summed E-state index contributed by atoms with van der Waals surface area (Å²) < 4.78 is 13.9. The minimum Gasteiger partial charge on any atom is -0.340 e. The molecule has 2 saturated heterocycles. The summed E-state index contributed by atoms with van der Waals surface area (Å²) in [4.78, 5) is 25.7. The number of fused-ring (bicyclic) bond motifs is 1. The third-order valence-electron chi connectivity index (χ3n) is 5.13. The van der Waals surface area contributed by atoms with Crippen LogP contribution in [0.5, 0.6) is 0 Å². The van der Waals surface area contributed by atoms with E-state index in [9.17, 15) is 9.18 Å². The number of aryl methyl sites for hydroxylation is 2. The molecule has 25 heavy (non-hydrogen) atoms. The van der Waals surface area contributed by atoms with Crippen molar-refractivity contribution in [2.45, 2.75) is 13.8 Å². The van der Waals surface area contributed by atoms with E-state index in [4.69, 9.17) is 0 Å². The first-order chi connectivity index (χ1) is 12.0. The summed E-state index contributed by atoms with van der Waals surface area (Å²) in [6.45, 7) is 6.97. The lowest BCUT2D eigenvalue weighted by molar-refractivity contribution is 0.0778. The highest BCUT2D eigenvalue weighted by atomic mass is 19.1. The number of halogens is 1. The third kappa shape index (κ3) is 2.97. The molecule has 1 aromatic heterocycles. The first-order valence-corrected chi connectivity index (χ1v) is 8.62. The molecule has 0 radical (unpaired) electrons. The predicted octanol–water partition coefficient (Wildman–Crippen LogP) is 2.44. The van der Waals surface area contributed by atoms with E-state index in [1.54, 1.807) is 23.1 Å². The van der Waals surface area contributed by atoms with Crippen molar-refractivity contribution in [3.63, 3.8) is 0 Å². The molecule has 130 valence electrons. The van der Waals surface area contributed by atoms with Crippen LogP contribution < -0.4 is 4.90 Å². The van der Waals surface area contributed by atoms with E-state index < -0.39 is 5.82 Å². The normalized spacial score (nSPS) is 22.4. The van der Waals surface area contributed by atoms with Gasteiger partial charge in [0.2, 0.25) is 5.95 Å². The molecule has 0 bridgehead atoms. The number of carbonyl (C=O) groups is 1. The van der Waals surface area contributed by atoms with Crippen molar-refractivity contribution < 1.29 is 9.18 Å². The standard InChI is InChI=1S/C19H21FN4O/c1-12-7-13(2)22-19(21-12)24-10-14-8-23(9-15(14)11-24)18(25)16-5-3-4-6-17(16)20/h3-7,14-15H,8-11H2,1-2H3. The average molecular weight is 340 g/mol. The van der Waals surface area contributed by atoms with Gasteiger partial charge in [0, 0.05) is 49.4 Å². The SMILES string of the molecule is Cc1cc(C)nc(N2CC3CN(C(=O)c4ccccc4F)CC3C2)n1. The largest absolute Gasteiger partial charge is 0.340 e. The molecule has 2 aliphatic heterocycles. The lowest BCUT2D eigenvalue weighted by Crippen LogP contribution is -2.34. The zero-order valence-electron chi connectivity index (χ0n) is 14.4. The molecule has 3 heterocycles. The van der Waals surface area contributed by atoms with E-state index in [-0.39, 0.29) is 11.5 Å². The van der Waals surface area contributed by atoms with Crippen LogP contribution >= 0.6 is 0 Å². The topological polar surface area (TPSA) is 49.3 Å². The summed E-state index contributed by atoms with van der Waals surface area (Å²) in [5, 5.41) is 0. The van der Waals surface area contributed by atoms with Gasteiger partial charge in [-0.05, 0) is 32.0 Å². The van der Waals surface area contributed by atoms with E-state index in [2.05, 4.69) is 14.9 Å². The molecule has 6 heteroatoms. The van der Waals surface area contributed by atoms with Crippen LogP contribution in [0.3, 0.4) is 0 Å². The number of amides is 1. The summed E-state index contributed by atoms with van der Waals surface area (Å²) in [6, 6.07) is 8.17. The van der Waals surface area contributed by atoms with Gasteiger partial charge in [0.1, 0.15) is 5.82 Å². The molecular weight excluding hydrogens is 319 g/mol. The molecule has 2 atom stereocenters. The Morgan fingerprint density at radius 3 is 2.24 bits per heavy atom. The lowest BCUT2D eigenvalue weighted by atomic mass is 10.0. The number of anilines is 1. The number of rotatable bonds is 2. The number of nitrogens with zero attached hydrogens (tertiary/aromatic N) is 4. The predicted molar refractivity (Wildman–Crippen MR) is 93.0 cm³/mol. The Labute approximate surface area is 146 Å². The molecule has 2 aromatic rings. The Kier molecular flexibility index (Phi) is 3.90. The molecule has 2 unspecified atom stereocenters. The van der Waals surface area contributed by atoms with E-state index in [1.807, 2.05) is 19.9 Å². The van der Waals surface area contributed by atoms with Crippen LogP contribution in [0.2, 0.25) is 0 Å². The van der Waals surface area contributed by atoms with Crippen LogP contribution in [0.15, 0.2) is 30.3 Å². The van der Waals surface area contributed by atoms with Crippen molar-refractivity contribution in [1.29, 1.82) is 0 Å². The number of likely N-dealkylation sites (tertiary alicyclic amines) is 1. The first-order valence-electron chi connectivity index (χ1n) is 8.62. The van der Waals surface area contributed by atoms with Gasteiger partial charge in [0.25, 0.3) is 5.91 Å². The molecule has 2 aliphatic rings. The second-order valence-electron chi connectivity index (χ2n) is 7.07. The highest BCUT2D eigenvalue weighted by Crippen LogP contribution is 2.33. The second-order valence-corrected chi connectivity index (χ2v) is 7.07. The van der Waals surface area contributed by atoms with Crippen molar-refractivity contribution in [3.8, 4) is 0 Å². The van der Waals surface area contributed by atoms with Crippen molar-refractivity contribution in [3.05, 3.63) is 53.1 Å². The van der Waals surface area contributed by atoms with Gasteiger partial charge in [-0.1, -0.05) is 12.1 Å². The number of carbonyl (C=O) groups excluding carboxylic acids is 1. The number of aromatic nitrogens is 2. The fraction of sp³-hybridized carbons (Fsp3) is 0.421. The molecule has 2 fully saturated rings. The van der Waals surface area contributed by atoms with Crippen molar-refractivity contribution in [2.75, 3.05) is 31.1 Å². The van der Waals surface area contributed by atoms with Crippen LogP contribution in [-0.4, -0.2) is 47.0 Å². The van der Waals surface area contributed by atoms with Crippen LogP contribution in [0.25, 0.3) is 0 Å². The van der Waals surface area contributed by atoms with Crippen molar-refractivity contribution >= 4 is 11.9 Å². The van der Waals surface area contributed by atoms with Gasteiger partial charge in [0.15, 0.2) is 0 Å². The zero-order chi connectivity index (χ0) is 17.6. The molecule has 1 aromatic carbocycles. The lowest BCUT2D eigenvalue weighted by Gasteiger charge is -2.22. The Bertz CT molecular complexity index is 791. The van der Waals surface area contributed by atoms with Gasteiger partial charge in [-0.2, -0.15) is 0 Å². The highest BCUT2D eigenvalue weighted by Gasteiger charge is 2.42. The van der Waals surface area contributed by atoms with Crippen LogP contribution in [0.1, 0.15) is 21.7 Å². The second kappa shape index (κ2) is 6.10. The maximum absolute atomic E-state index is 13.9. The summed E-state index contributed by atoms with van der Waals surface area (Å²) in [7, 11) is 0. The maximum Gasteiger partial charge on any atom is 0.256 e. The van der Waals surface area contributed by atoms with Gasteiger partial charge in [0.05, 0.1) is 5.56 Å². The molecule has 0 N–H and O–H groups in total. The van der Waals surface area contributed by atoms with Gasteiger partial charge in [-0.25, -0.2) is 14.4 Å². The molecule has 4 rings (SSSR count). The van der Waals surface area contributed by atoms with Crippen molar-refractivity contribution in [1.82, 2.24) is 14.9 Å². The fourth-order valence-electron chi connectivity index (χ4n) is 3.98. The number of benzene rings is 1. The minimum absolute atomic E-state index is 0.164. The summed E-state index contributed by atoms with van der Waals surface area (Å²) >= 11 is 0. The summed E-state index contributed by atoms with van der Waals surface area (Å²) in [5.41, 5.74) is 2.10. The van der Waals surface area contributed by atoms with Gasteiger partial charge < -0.3 is 9.80 Å². The number of hydrogen-bond donors (Lipinski definition) is 0. The van der Waals surface area contributed by atoms with Crippen LogP contribution in [0, 0.1) is 31.5 Å². The van der Waals surface area contributed by atoms with E-state index in [0.29, 0.717) is 24.9 Å². The summed E-state index contributed by atoms with van der Waals surface area (Å²) in [5.74, 6) is 0.899. The smallest absolute Gasteiger partial charge is 0.256 e. The maximum atomic E-state index is 13.9. The Morgan fingerprint density at radius 2 is 1.64 bits per heavy atom. The van der Waals surface area contributed by atoms with E-state index >= 15 is 0 Å². The van der Waals surface area contributed by atoms with E-state index in [0.717, 1.165) is 30.4 Å². The Balaban J connectivity index is 1.46. The molecular formula is C19H21FN4O. The monoisotopic (exact) mass is 340 g/mol. The minimum atomic E-state index is -0.449. The molecule has 5 nitrogen and oxygen atoms in total. The van der Waals surface area contributed by atoms with Gasteiger partial charge >= 0.3 is 0 Å². The number of hydrogen-bond acceptors (Lipinski definition) is 4. The fourth-order valence-corrected chi connectivity index (χ4v) is 3.98. The van der Waals surface area contributed by atoms with Crippen LogP contribution in [-0.2, 0) is 0 Å². The third-order valence-corrected chi connectivity index (χ3v) is 5.13. The quantitative estimate of drug-likeness (QED) is 0.843. The average Bonchev–Trinajstić information content (AvgIpc) is 3.12. The highest BCUT2D eigenvalue weighted by molar-refractivity contribution is 5.94. The van der Waals surface area contributed by atoms with Gasteiger partial charge in [-0.15, -0.1) is 0 Å². The summed E-state index contributed by atoms with van der Waals surface area (Å²) in [6.07, 6.45) is 0. The Hall–Kier alpha value is -2.50. The molecule has 0 saturated carbocycles. The Morgan fingerprint density at radius 1 is 1.04 bits per heavy atom. The molecule has 0 aliphatic carbocycles. The van der Waals surface area contributed by atoms with Crippen molar-refractivity contribution in [2.24, 2.45) is 11.8 Å². The van der Waals surface area contributed by atoms with E-state index in [1.165, 1.54) is 6.07 Å². The molecule has 1 amide bonds. The first kappa shape index (κ1) is 16.0.